The fourth-order valence-electron chi connectivity index (χ4n) is 4.61. The lowest BCUT2D eigenvalue weighted by molar-refractivity contribution is 0.00693. The van der Waals surface area contributed by atoms with E-state index in [0.717, 1.165) is 41.8 Å². The molecule has 0 unspecified atom stereocenters. The molecule has 38 heavy (non-hydrogen) atoms. The maximum absolute atomic E-state index is 14.0. The fraction of sp³-hybridized carbons (Fsp3) is 0.323. The fourth-order valence-corrected chi connectivity index (χ4v) is 4.61. The molecule has 0 aliphatic heterocycles. The van der Waals surface area contributed by atoms with Gasteiger partial charge in [-0.1, -0.05) is 61.5 Å². The average Bonchev–Trinajstić information content (AvgIpc) is 3.73. The van der Waals surface area contributed by atoms with Gasteiger partial charge in [-0.3, -0.25) is 4.90 Å². The molecule has 1 N–H and O–H groups in total. The molecule has 1 aliphatic rings. The summed E-state index contributed by atoms with van der Waals surface area (Å²) in [7, 11) is 0. The Morgan fingerprint density at radius 1 is 1.03 bits per heavy atom. The molecule has 0 radical (unpaired) electrons. The van der Waals surface area contributed by atoms with Gasteiger partial charge in [-0.05, 0) is 49.1 Å². The van der Waals surface area contributed by atoms with Crippen molar-refractivity contribution in [1.82, 2.24) is 14.7 Å². The predicted molar refractivity (Wildman–Crippen MR) is 145 cm³/mol. The van der Waals surface area contributed by atoms with Crippen LogP contribution in [0.4, 0.5) is 4.39 Å². The number of aryl methyl sites for hydroxylation is 1. The standard InChI is InChI=1S/C31H34FN3O3/c1-2-30-29(20-34(25-16-17-25)19-27(36)22-37-21-23-10-5-3-6-11-23)31(38-28-15-9-12-24(32)18-28)35(33-30)26-13-7-4-8-14-26/h3-15,18,25,27,36H,2,16-17,19-22H2,1H3/t27-/m0/s1. The molecule has 1 aromatic heterocycles. The van der Waals surface area contributed by atoms with Crippen molar-refractivity contribution in [2.45, 2.75) is 51.5 Å². The van der Waals surface area contributed by atoms with Crippen LogP contribution in [0, 0.1) is 5.82 Å². The minimum absolute atomic E-state index is 0.259. The highest BCUT2D eigenvalue weighted by atomic mass is 19.1. The first-order valence-electron chi connectivity index (χ1n) is 13.2. The quantitative estimate of drug-likeness (QED) is 0.240. The summed E-state index contributed by atoms with van der Waals surface area (Å²) in [5.74, 6) is 0.626. The van der Waals surface area contributed by atoms with E-state index >= 15 is 0 Å². The van der Waals surface area contributed by atoms with Gasteiger partial charge in [0.05, 0.1) is 36.3 Å². The molecule has 6 nitrogen and oxygen atoms in total. The van der Waals surface area contributed by atoms with E-state index in [2.05, 4.69) is 11.8 Å². The van der Waals surface area contributed by atoms with Crippen molar-refractivity contribution in [2.24, 2.45) is 0 Å². The molecule has 3 aromatic carbocycles. The summed E-state index contributed by atoms with van der Waals surface area (Å²) >= 11 is 0. The average molecular weight is 516 g/mol. The van der Waals surface area contributed by atoms with Crippen molar-refractivity contribution in [3.8, 4) is 17.3 Å². The summed E-state index contributed by atoms with van der Waals surface area (Å²) in [6.45, 7) is 3.85. The van der Waals surface area contributed by atoms with Crippen LogP contribution in [-0.2, 0) is 24.3 Å². The van der Waals surface area contributed by atoms with Gasteiger partial charge in [-0.15, -0.1) is 0 Å². The molecule has 1 aliphatic carbocycles. The molecular formula is C31H34FN3O3. The third-order valence-electron chi connectivity index (χ3n) is 6.66. The van der Waals surface area contributed by atoms with Crippen molar-refractivity contribution >= 4 is 0 Å². The topological polar surface area (TPSA) is 59.8 Å². The Hall–Kier alpha value is -3.52. The molecule has 1 atom stereocenters. The van der Waals surface area contributed by atoms with Crippen LogP contribution in [-0.4, -0.2) is 45.1 Å². The monoisotopic (exact) mass is 515 g/mol. The lowest BCUT2D eigenvalue weighted by atomic mass is 10.1. The molecule has 0 amide bonds. The number of hydrogen-bond donors (Lipinski definition) is 1. The molecule has 1 fully saturated rings. The van der Waals surface area contributed by atoms with Crippen molar-refractivity contribution in [3.05, 3.63) is 108 Å². The van der Waals surface area contributed by atoms with Gasteiger partial charge in [0.15, 0.2) is 0 Å². The Labute approximate surface area is 223 Å². The van der Waals surface area contributed by atoms with Crippen LogP contribution in [0.1, 0.15) is 36.6 Å². The minimum atomic E-state index is -0.624. The Morgan fingerprint density at radius 3 is 2.45 bits per heavy atom. The van der Waals surface area contributed by atoms with Gasteiger partial charge in [0.25, 0.3) is 0 Å². The number of benzene rings is 3. The number of hydrogen-bond acceptors (Lipinski definition) is 5. The van der Waals surface area contributed by atoms with E-state index in [0.29, 0.717) is 37.4 Å². The zero-order valence-corrected chi connectivity index (χ0v) is 21.7. The van der Waals surface area contributed by atoms with E-state index < -0.39 is 6.10 Å². The molecular weight excluding hydrogens is 481 g/mol. The van der Waals surface area contributed by atoms with Gasteiger partial charge in [-0.2, -0.15) is 5.10 Å². The number of ether oxygens (including phenoxy) is 2. The van der Waals surface area contributed by atoms with Crippen molar-refractivity contribution in [1.29, 1.82) is 0 Å². The molecule has 0 spiro atoms. The normalized spacial score (nSPS) is 14.1. The number of aromatic nitrogens is 2. The molecule has 1 saturated carbocycles. The van der Waals surface area contributed by atoms with E-state index in [1.165, 1.54) is 12.1 Å². The smallest absolute Gasteiger partial charge is 0.227 e. The number of aliphatic hydroxyl groups excluding tert-OH is 1. The highest BCUT2D eigenvalue weighted by molar-refractivity contribution is 5.44. The van der Waals surface area contributed by atoms with Crippen LogP contribution in [0.3, 0.4) is 0 Å². The zero-order valence-electron chi connectivity index (χ0n) is 21.7. The zero-order chi connectivity index (χ0) is 26.3. The van der Waals surface area contributed by atoms with Gasteiger partial charge in [0.2, 0.25) is 5.88 Å². The molecule has 0 bridgehead atoms. The third kappa shape index (κ3) is 6.67. The van der Waals surface area contributed by atoms with E-state index in [1.54, 1.807) is 16.8 Å². The van der Waals surface area contributed by atoms with Gasteiger partial charge in [-0.25, -0.2) is 9.07 Å². The number of nitrogens with zero attached hydrogens (tertiary/aromatic N) is 3. The van der Waals surface area contributed by atoms with E-state index in [-0.39, 0.29) is 12.4 Å². The van der Waals surface area contributed by atoms with Crippen LogP contribution < -0.4 is 4.74 Å². The number of halogens is 1. The SMILES string of the molecule is CCc1nn(-c2ccccc2)c(Oc2cccc(F)c2)c1CN(C[C@H](O)COCc1ccccc1)C1CC1. The Balaban J connectivity index is 1.37. The second kappa shape index (κ2) is 12.3. The number of para-hydroxylation sites is 1. The minimum Gasteiger partial charge on any atom is -0.438 e. The second-order valence-electron chi connectivity index (χ2n) is 9.71. The van der Waals surface area contributed by atoms with Gasteiger partial charge in [0.1, 0.15) is 11.6 Å². The van der Waals surface area contributed by atoms with E-state index in [4.69, 9.17) is 14.6 Å². The molecule has 4 aromatic rings. The number of aliphatic hydroxyl groups is 1. The van der Waals surface area contributed by atoms with Gasteiger partial charge < -0.3 is 14.6 Å². The van der Waals surface area contributed by atoms with Gasteiger partial charge >= 0.3 is 0 Å². The third-order valence-corrected chi connectivity index (χ3v) is 6.66. The maximum atomic E-state index is 14.0. The molecule has 1 heterocycles. The lowest BCUT2D eigenvalue weighted by Crippen LogP contribution is -2.36. The first-order chi connectivity index (χ1) is 18.6. The lowest BCUT2D eigenvalue weighted by Gasteiger charge is -2.25. The summed E-state index contributed by atoms with van der Waals surface area (Å²) in [5.41, 5.74) is 3.82. The van der Waals surface area contributed by atoms with Crippen molar-refractivity contribution in [3.63, 3.8) is 0 Å². The second-order valence-corrected chi connectivity index (χ2v) is 9.71. The Kier molecular flexibility index (Phi) is 8.48. The highest BCUT2D eigenvalue weighted by Crippen LogP contribution is 2.35. The molecule has 0 saturated heterocycles. The van der Waals surface area contributed by atoms with Crippen LogP contribution in [0.5, 0.6) is 11.6 Å². The Morgan fingerprint density at radius 2 is 1.76 bits per heavy atom. The summed E-state index contributed by atoms with van der Waals surface area (Å²) in [6, 6.07) is 26.3. The Bertz CT molecular complexity index is 1310. The van der Waals surface area contributed by atoms with E-state index in [1.807, 2.05) is 60.7 Å². The van der Waals surface area contributed by atoms with E-state index in [9.17, 15) is 9.50 Å². The molecule has 7 heteroatoms. The first-order valence-corrected chi connectivity index (χ1v) is 13.2. The van der Waals surface area contributed by atoms with Crippen molar-refractivity contribution < 1.29 is 19.0 Å². The number of rotatable bonds is 13. The van der Waals surface area contributed by atoms with Crippen LogP contribution >= 0.6 is 0 Å². The van der Waals surface area contributed by atoms with Crippen LogP contribution in [0.25, 0.3) is 5.69 Å². The predicted octanol–water partition coefficient (Wildman–Crippen LogP) is 5.91. The molecule has 198 valence electrons. The highest BCUT2D eigenvalue weighted by Gasteiger charge is 2.33. The van der Waals surface area contributed by atoms with Crippen LogP contribution in [0.15, 0.2) is 84.9 Å². The van der Waals surface area contributed by atoms with Gasteiger partial charge in [0, 0.05) is 25.2 Å². The first kappa shape index (κ1) is 26.1. The summed E-state index contributed by atoms with van der Waals surface area (Å²) < 4.78 is 27.9. The molecule has 5 rings (SSSR count). The summed E-state index contributed by atoms with van der Waals surface area (Å²) in [5, 5.41) is 15.7. The summed E-state index contributed by atoms with van der Waals surface area (Å²) in [6.07, 6.45) is 2.27. The maximum Gasteiger partial charge on any atom is 0.227 e. The van der Waals surface area contributed by atoms with Crippen molar-refractivity contribution in [2.75, 3.05) is 13.2 Å². The van der Waals surface area contributed by atoms with Crippen LogP contribution in [0.2, 0.25) is 0 Å². The summed E-state index contributed by atoms with van der Waals surface area (Å²) in [4.78, 5) is 2.29. The largest absolute Gasteiger partial charge is 0.438 e.